The minimum absolute atomic E-state index is 0.0253. The lowest BCUT2D eigenvalue weighted by molar-refractivity contribution is -0.142. The van der Waals surface area contributed by atoms with Gasteiger partial charge in [-0.25, -0.2) is 0 Å². The van der Waals surface area contributed by atoms with Crippen molar-refractivity contribution in [3.05, 3.63) is 47.5 Å². The highest BCUT2D eigenvalue weighted by Crippen LogP contribution is 2.38. The maximum atomic E-state index is 14.1. The number of hydrogen-bond acceptors (Lipinski definition) is 12. The van der Waals surface area contributed by atoms with Crippen molar-refractivity contribution in [1.82, 2.24) is 36.4 Å². The number of ketones is 1. The monoisotopic (exact) mass is 979 g/mol. The Morgan fingerprint density at radius 1 is 0.729 bits per heavy atom. The highest BCUT2D eigenvalue weighted by Gasteiger charge is 2.35. The molecule has 0 radical (unpaired) electrons. The van der Waals surface area contributed by atoms with Crippen LogP contribution in [0.1, 0.15) is 135 Å². The van der Waals surface area contributed by atoms with Crippen molar-refractivity contribution >= 4 is 53.0 Å². The molecule has 20 heteroatoms. The first kappa shape index (κ1) is 57.7. The molecule has 0 spiro atoms. The number of rotatable bonds is 26. The summed E-state index contributed by atoms with van der Waals surface area (Å²) < 4.78 is 0. The predicted molar refractivity (Wildman–Crippen MR) is 260 cm³/mol. The van der Waals surface area contributed by atoms with Gasteiger partial charge in [0.1, 0.15) is 41.7 Å². The summed E-state index contributed by atoms with van der Waals surface area (Å²) in [5.74, 6) is -8.39. The summed E-state index contributed by atoms with van der Waals surface area (Å²) in [4.78, 5) is 120. The molecule has 3 rings (SSSR count). The van der Waals surface area contributed by atoms with E-state index in [4.69, 9.17) is 5.73 Å². The molecule has 0 aromatic heterocycles. The molecule has 0 aliphatic carbocycles. The molecule has 6 atom stereocenters. The molecule has 0 fully saturated rings. The molecular formula is C50H74N8O12. The van der Waals surface area contributed by atoms with Gasteiger partial charge in [-0.1, -0.05) is 96.1 Å². The van der Waals surface area contributed by atoms with Crippen LogP contribution in [0.4, 0.5) is 0 Å². The third-order valence-corrected chi connectivity index (χ3v) is 12.5. The van der Waals surface area contributed by atoms with Crippen LogP contribution in [-0.4, -0.2) is 136 Å². The fraction of sp³-hybridized carbons (Fsp3) is 0.580. The Morgan fingerprint density at radius 3 is 1.86 bits per heavy atom. The smallest absolute Gasteiger partial charge is 0.287 e. The van der Waals surface area contributed by atoms with Gasteiger partial charge in [-0.3, -0.25) is 43.2 Å². The lowest BCUT2D eigenvalue weighted by Gasteiger charge is -2.30. The number of unbranched alkanes of at least 4 members (excludes halogenated alkanes) is 12. The molecule has 2 aromatic carbocycles. The highest BCUT2D eigenvalue weighted by molar-refractivity contribution is 6.37. The fourth-order valence-corrected chi connectivity index (χ4v) is 8.09. The van der Waals surface area contributed by atoms with Crippen molar-refractivity contribution in [3.8, 4) is 22.6 Å². The van der Waals surface area contributed by atoms with Gasteiger partial charge in [0.05, 0.1) is 19.2 Å². The van der Waals surface area contributed by atoms with Crippen LogP contribution >= 0.6 is 0 Å². The summed E-state index contributed by atoms with van der Waals surface area (Å²) in [6, 6.07) is 0.00693. The van der Waals surface area contributed by atoms with Crippen molar-refractivity contribution in [2.45, 2.75) is 160 Å². The normalized spacial score (nSPS) is 17.0. The van der Waals surface area contributed by atoms with Crippen molar-refractivity contribution in [2.75, 3.05) is 27.2 Å². The topological polar surface area (TPSA) is 307 Å². The summed E-state index contributed by atoms with van der Waals surface area (Å²) >= 11 is 0. The van der Waals surface area contributed by atoms with Crippen LogP contribution in [0.2, 0.25) is 0 Å². The van der Waals surface area contributed by atoms with E-state index in [0.717, 1.165) is 35.5 Å². The number of aromatic hydroxyl groups is 2. The number of likely N-dealkylation sites (N-methyl/N-ethyl adjacent to an activating group) is 2. The third-order valence-electron chi connectivity index (χ3n) is 12.5. The number of Topliss-reactive ketones (excluding diaryl/α,β-unsaturated/α-hetero) is 1. The van der Waals surface area contributed by atoms with Crippen LogP contribution < -0.4 is 32.3 Å². The minimum atomic E-state index is -1.53. The van der Waals surface area contributed by atoms with Crippen molar-refractivity contribution in [3.63, 3.8) is 0 Å². The standard InChI is InChI=1S/C50H74N8O12/c1-7-8-9-10-11-12-13-14-15-16-17-18-19-20-41(62)57(5)38(29-59)49(69)54-31(3)46(66)52-28-42(63)58(6)43-34-22-24-40(61)36(27-34)35-25-33(21-23-39(35)60)26-37(56-47(67)32(4)55-50(43)70)48(68)53-30(2)44(64)45(51)65/h21-25,27,30-32,37-38,43,59-61H,7-20,26,28-29H2,1-6H3,(H2,51,65)(H,52,66)(H,53,68)(H,54,69)(H,55,70)(H,56,67)/t30-,31+,32-,37-,38+,43-/m0/s1. The second kappa shape index (κ2) is 28.8. The van der Waals surface area contributed by atoms with Gasteiger partial charge in [-0.2, -0.15) is 0 Å². The average molecular weight is 979 g/mol. The summed E-state index contributed by atoms with van der Waals surface area (Å²) in [7, 11) is 2.67. The predicted octanol–water partition coefficient (Wildman–Crippen LogP) is 2.29. The second-order valence-corrected chi connectivity index (χ2v) is 18.1. The molecule has 1 aliphatic heterocycles. The molecule has 8 amide bonds. The molecule has 1 heterocycles. The lowest BCUT2D eigenvalue weighted by atomic mass is 9.93. The van der Waals surface area contributed by atoms with Crippen LogP contribution in [-0.2, 0) is 49.6 Å². The maximum absolute atomic E-state index is 14.1. The fourth-order valence-electron chi connectivity index (χ4n) is 8.09. The molecule has 20 nitrogen and oxygen atoms in total. The zero-order valence-electron chi connectivity index (χ0n) is 41.4. The van der Waals surface area contributed by atoms with Gasteiger partial charge in [0.25, 0.3) is 5.91 Å². The Balaban J connectivity index is 1.67. The van der Waals surface area contributed by atoms with E-state index in [0.29, 0.717) is 12.0 Å². The number of phenols is 2. The zero-order valence-corrected chi connectivity index (χ0v) is 41.4. The number of amides is 8. The van der Waals surface area contributed by atoms with E-state index in [9.17, 15) is 58.5 Å². The van der Waals surface area contributed by atoms with Gasteiger partial charge in [-0.05, 0) is 62.6 Å². The number of aliphatic hydroxyl groups is 1. The first-order valence-corrected chi connectivity index (χ1v) is 24.3. The number of primary amides is 1. The van der Waals surface area contributed by atoms with E-state index in [1.54, 1.807) is 0 Å². The van der Waals surface area contributed by atoms with Gasteiger partial charge in [0.2, 0.25) is 47.1 Å². The van der Waals surface area contributed by atoms with Gasteiger partial charge in [-0.15, -0.1) is 0 Å². The molecule has 10 N–H and O–H groups in total. The van der Waals surface area contributed by atoms with Crippen LogP contribution in [0.25, 0.3) is 11.1 Å². The largest absolute Gasteiger partial charge is 0.507 e. The summed E-state index contributed by atoms with van der Waals surface area (Å²) in [6.45, 7) is 4.73. The van der Waals surface area contributed by atoms with Gasteiger partial charge < -0.3 is 57.4 Å². The Kier molecular flexibility index (Phi) is 23.8. The molecule has 2 aromatic rings. The number of nitrogens with two attached hydrogens (primary N) is 1. The number of nitrogens with zero attached hydrogens (tertiary/aromatic N) is 2. The van der Waals surface area contributed by atoms with Crippen LogP contribution in [0.15, 0.2) is 36.4 Å². The van der Waals surface area contributed by atoms with Gasteiger partial charge in [0.15, 0.2) is 0 Å². The maximum Gasteiger partial charge on any atom is 0.287 e. The Bertz CT molecular complexity index is 2170. The van der Waals surface area contributed by atoms with Gasteiger partial charge in [0, 0.05) is 38.1 Å². The van der Waals surface area contributed by atoms with E-state index in [1.165, 1.54) is 123 Å². The van der Waals surface area contributed by atoms with Crippen molar-refractivity contribution < 1.29 is 58.5 Å². The lowest BCUT2D eigenvalue weighted by Crippen LogP contribution is -2.57. The Morgan fingerprint density at radius 2 is 1.29 bits per heavy atom. The Labute approximate surface area is 410 Å². The minimum Gasteiger partial charge on any atom is -0.507 e. The van der Waals surface area contributed by atoms with E-state index in [1.807, 2.05) is 0 Å². The van der Waals surface area contributed by atoms with Crippen LogP contribution in [0.5, 0.6) is 11.5 Å². The number of aliphatic hydroxyl groups excluding tert-OH is 1. The van der Waals surface area contributed by atoms with E-state index < -0.39 is 96.5 Å². The SMILES string of the molecule is CCCCCCCCCCCCCCCC(=O)N(C)[C@H](CO)C(=O)N[C@H](C)C(=O)NCC(=O)N(C)[C@@H]1C(=O)N[C@@H](C)C(=O)N[C@H](C(=O)N[C@@H](C)C(=O)C(N)=O)Cc2ccc(O)c(c2)-c2cc1ccc2O. The Hall–Kier alpha value is -6.57. The quantitative estimate of drug-likeness (QED) is 0.0485. The first-order valence-electron chi connectivity index (χ1n) is 24.3. The molecular weight excluding hydrogens is 905 g/mol. The van der Waals surface area contributed by atoms with E-state index in [2.05, 4.69) is 33.5 Å². The number of benzene rings is 2. The molecule has 0 unspecified atom stereocenters. The number of fused-ring (bicyclic) bond motifs is 5. The highest BCUT2D eigenvalue weighted by atomic mass is 16.3. The van der Waals surface area contributed by atoms with Crippen LogP contribution in [0.3, 0.4) is 0 Å². The van der Waals surface area contributed by atoms with Crippen LogP contribution in [0, 0.1) is 0 Å². The second-order valence-electron chi connectivity index (χ2n) is 18.1. The third kappa shape index (κ3) is 17.4. The number of nitrogens with one attached hydrogen (secondary N) is 5. The molecule has 70 heavy (non-hydrogen) atoms. The number of hydrogen-bond donors (Lipinski definition) is 9. The molecule has 386 valence electrons. The van der Waals surface area contributed by atoms with E-state index in [-0.39, 0.29) is 46.9 Å². The summed E-state index contributed by atoms with van der Waals surface area (Å²) in [5, 5.41) is 44.3. The summed E-state index contributed by atoms with van der Waals surface area (Å²) in [6.07, 6.45) is 15.0. The summed E-state index contributed by atoms with van der Waals surface area (Å²) in [5.41, 5.74) is 5.66. The zero-order chi connectivity index (χ0) is 52.1. The average Bonchev–Trinajstić information content (AvgIpc) is 3.32. The first-order chi connectivity index (χ1) is 33.2. The van der Waals surface area contributed by atoms with Gasteiger partial charge >= 0.3 is 0 Å². The van der Waals surface area contributed by atoms with Crippen molar-refractivity contribution in [1.29, 1.82) is 0 Å². The van der Waals surface area contributed by atoms with Crippen molar-refractivity contribution in [2.24, 2.45) is 5.73 Å². The number of phenolic OH excluding ortho intramolecular Hbond substituents is 2. The molecule has 0 saturated heterocycles. The van der Waals surface area contributed by atoms with E-state index >= 15 is 0 Å². The molecule has 4 bridgehead atoms. The number of carbonyl (C=O) groups excluding carboxylic acids is 9. The molecule has 1 aliphatic rings. The number of carbonyl (C=O) groups is 9. The molecule has 0 saturated carbocycles.